The number of hydrogen-bond donors (Lipinski definition) is 2. The van der Waals surface area contributed by atoms with E-state index in [1.54, 1.807) is 6.07 Å². The Hall–Kier alpha value is -1.13. The third-order valence-corrected chi connectivity index (χ3v) is 3.48. The normalized spacial score (nSPS) is 13.5. The van der Waals surface area contributed by atoms with E-state index in [-0.39, 0.29) is 5.91 Å². The van der Waals surface area contributed by atoms with Gasteiger partial charge in [0.25, 0.3) is 0 Å². The van der Waals surface area contributed by atoms with Crippen LogP contribution in [0.5, 0.6) is 0 Å². The average Bonchev–Trinajstić information content (AvgIpc) is 2.63. The van der Waals surface area contributed by atoms with Crippen LogP contribution in [0.1, 0.15) is 27.9 Å². The zero-order chi connectivity index (χ0) is 11.7. The zero-order valence-electron chi connectivity index (χ0n) is 8.79. The standard InChI is InChI=1S/C12H13BrN2O/c13-10-4-3-9(12(15)16)8-2-1-7(5-6-14)11(8)10/h1,3-4H,2,5-6,14H2,(H2,15,16). The number of carbonyl (C=O) groups excluding carboxylic acids is 1. The molecule has 4 N–H and O–H groups in total. The van der Waals surface area contributed by atoms with Crippen LogP contribution in [-0.4, -0.2) is 12.5 Å². The first kappa shape index (κ1) is 11.4. The van der Waals surface area contributed by atoms with E-state index in [0.29, 0.717) is 12.1 Å². The van der Waals surface area contributed by atoms with Crippen LogP contribution in [0.4, 0.5) is 0 Å². The predicted octanol–water partition coefficient (Wildman–Crippen LogP) is 1.84. The van der Waals surface area contributed by atoms with Gasteiger partial charge in [-0.1, -0.05) is 22.0 Å². The fourth-order valence-electron chi connectivity index (χ4n) is 2.12. The van der Waals surface area contributed by atoms with Crippen LogP contribution in [0.3, 0.4) is 0 Å². The van der Waals surface area contributed by atoms with Gasteiger partial charge in [-0.05, 0) is 48.2 Å². The Balaban J connectivity index is 2.53. The smallest absolute Gasteiger partial charge is 0.249 e. The molecule has 16 heavy (non-hydrogen) atoms. The van der Waals surface area contributed by atoms with Gasteiger partial charge in [0.2, 0.25) is 5.91 Å². The molecule has 1 amide bonds. The maximum atomic E-state index is 11.3. The summed E-state index contributed by atoms with van der Waals surface area (Å²) in [7, 11) is 0. The molecule has 1 aromatic carbocycles. The molecule has 0 heterocycles. The molecule has 0 fully saturated rings. The number of nitrogens with two attached hydrogens (primary N) is 2. The second kappa shape index (κ2) is 4.39. The summed E-state index contributed by atoms with van der Waals surface area (Å²) in [4.78, 5) is 11.3. The van der Waals surface area contributed by atoms with Crippen LogP contribution < -0.4 is 11.5 Å². The molecule has 1 aromatic rings. The quantitative estimate of drug-likeness (QED) is 0.887. The number of primary amides is 1. The summed E-state index contributed by atoms with van der Waals surface area (Å²) in [5.74, 6) is -0.369. The Morgan fingerprint density at radius 2 is 2.19 bits per heavy atom. The number of fused-ring (bicyclic) bond motifs is 1. The van der Waals surface area contributed by atoms with Gasteiger partial charge >= 0.3 is 0 Å². The van der Waals surface area contributed by atoms with E-state index in [1.165, 1.54) is 5.57 Å². The largest absolute Gasteiger partial charge is 0.366 e. The van der Waals surface area contributed by atoms with Crippen molar-refractivity contribution < 1.29 is 4.79 Å². The van der Waals surface area contributed by atoms with Crippen LogP contribution in [0.15, 0.2) is 22.7 Å². The van der Waals surface area contributed by atoms with Gasteiger partial charge in [0.15, 0.2) is 0 Å². The molecule has 0 bridgehead atoms. The van der Waals surface area contributed by atoms with Gasteiger partial charge in [0.05, 0.1) is 0 Å². The highest BCUT2D eigenvalue weighted by molar-refractivity contribution is 9.10. The lowest BCUT2D eigenvalue weighted by molar-refractivity contribution is 0.0999. The Morgan fingerprint density at radius 1 is 1.44 bits per heavy atom. The number of allylic oxidation sites excluding steroid dienone is 1. The van der Waals surface area contributed by atoms with Crippen molar-refractivity contribution >= 4 is 27.4 Å². The zero-order valence-corrected chi connectivity index (χ0v) is 10.4. The van der Waals surface area contributed by atoms with Crippen molar-refractivity contribution in [2.24, 2.45) is 11.5 Å². The summed E-state index contributed by atoms with van der Waals surface area (Å²) in [5.41, 5.74) is 14.9. The van der Waals surface area contributed by atoms with E-state index in [4.69, 9.17) is 11.5 Å². The molecule has 4 heteroatoms. The second-order valence-corrected chi connectivity index (χ2v) is 4.64. The molecule has 1 aliphatic carbocycles. The summed E-state index contributed by atoms with van der Waals surface area (Å²) in [6.07, 6.45) is 3.71. The van der Waals surface area contributed by atoms with Crippen molar-refractivity contribution in [1.82, 2.24) is 0 Å². The highest BCUT2D eigenvalue weighted by Crippen LogP contribution is 2.37. The maximum Gasteiger partial charge on any atom is 0.249 e. The van der Waals surface area contributed by atoms with Gasteiger partial charge in [-0.2, -0.15) is 0 Å². The minimum Gasteiger partial charge on any atom is -0.366 e. The van der Waals surface area contributed by atoms with Crippen molar-refractivity contribution in [3.05, 3.63) is 39.4 Å². The van der Waals surface area contributed by atoms with Crippen LogP contribution in [0, 0.1) is 0 Å². The monoisotopic (exact) mass is 280 g/mol. The molecular weight excluding hydrogens is 268 g/mol. The maximum absolute atomic E-state index is 11.3. The Labute approximate surface area is 103 Å². The predicted molar refractivity (Wildman–Crippen MR) is 68.0 cm³/mol. The van der Waals surface area contributed by atoms with Crippen molar-refractivity contribution in [2.45, 2.75) is 12.8 Å². The molecule has 0 aliphatic heterocycles. The minimum atomic E-state index is -0.369. The van der Waals surface area contributed by atoms with Crippen molar-refractivity contribution in [2.75, 3.05) is 6.54 Å². The number of rotatable bonds is 3. The molecule has 0 saturated heterocycles. The first-order chi connectivity index (χ1) is 7.65. The molecule has 0 unspecified atom stereocenters. The summed E-state index contributed by atoms with van der Waals surface area (Å²) in [6.45, 7) is 0.610. The van der Waals surface area contributed by atoms with Crippen LogP contribution in [-0.2, 0) is 6.42 Å². The number of hydrogen-bond acceptors (Lipinski definition) is 2. The SMILES string of the molecule is NCCC1=CCc2c(C(N)=O)ccc(Br)c21. The van der Waals surface area contributed by atoms with Crippen LogP contribution >= 0.6 is 15.9 Å². The second-order valence-electron chi connectivity index (χ2n) is 3.78. The summed E-state index contributed by atoms with van der Waals surface area (Å²) in [6, 6.07) is 3.64. The molecule has 1 aliphatic rings. The molecular formula is C12H13BrN2O. The molecule has 3 nitrogen and oxygen atoms in total. The number of benzene rings is 1. The molecule has 0 aromatic heterocycles. The average molecular weight is 281 g/mol. The van der Waals surface area contributed by atoms with E-state index >= 15 is 0 Å². The lowest BCUT2D eigenvalue weighted by Crippen LogP contribution is -2.14. The topological polar surface area (TPSA) is 69.1 Å². The van der Waals surface area contributed by atoms with E-state index < -0.39 is 0 Å². The summed E-state index contributed by atoms with van der Waals surface area (Å²) >= 11 is 3.51. The Morgan fingerprint density at radius 3 is 2.81 bits per heavy atom. The number of halogens is 1. The Kier molecular flexibility index (Phi) is 3.12. The summed E-state index contributed by atoms with van der Waals surface area (Å²) < 4.78 is 1.00. The molecule has 84 valence electrons. The van der Waals surface area contributed by atoms with Gasteiger partial charge in [0, 0.05) is 10.0 Å². The van der Waals surface area contributed by atoms with E-state index in [9.17, 15) is 4.79 Å². The molecule has 0 atom stereocenters. The van der Waals surface area contributed by atoms with Gasteiger partial charge in [-0.3, -0.25) is 4.79 Å². The fourth-order valence-corrected chi connectivity index (χ4v) is 2.75. The molecule has 0 spiro atoms. The number of amides is 1. The Bertz CT molecular complexity index is 480. The first-order valence-electron chi connectivity index (χ1n) is 5.15. The third-order valence-electron chi connectivity index (χ3n) is 2.81. The minimum absolute atomic E-state index is 0.369. The molecule has 2 rings (SSSR count). The van der Waals surface area contributed by atoms with Crippen molar-refractivity contribution in [3.63, 3.8) is 0 Å². The van der Waals surface area contributed by atoms with E-state index in [1.807, 2.05) is 6.07 Å². The van der Waals surface area contributed by atoms with Gasteiger partial charge in [-0.25, -0.2) is 0 Å². The summed E-state index contributed by atoms with van der Waals surface area (Å²) in [5, 5.41) is 0. The highest BCUT2D eigenvalue weighted by Gasteiger charge is 2.21. The van der Waals surface area contributed by atoms with E-state index in [2.05, 4.69) is 22.0 Å². The first-order valence-corrected chi connectivity index (χ1v) is 5.95. The lowest BCUT2D eigenvalue weighted by Gasteiger charge is -2.10. The van der Waals surface area contributed by atoms with Gasteiger partial charge < -0.3 is 11.5 Å². The van der Waals surface area contributed by atoms with E-state index in [0.717, 1.165) is 28.4 Å². The molecule has 0 radical (unpaired) electrons. The van der Waals surface area contributed by atoms with Gasteiger partial charge in [0.1, 0.15) is 0 Å². The van der Waals surface area contributed by atoms with Crippen molar-refractivity contribution in [3.8, 4) is 0 Å². The van der Waals surface area contributed by atoms with Crippen molar-refractivity contribution in [1.29, 1.82) is 0 Å². The van der Waals surface area contributed by atoms with Crippen LogP contribution in [0.2, 0.25) is 0 Å². The van der Waals surface area contributed by atoms with Crippen LogP contribution in [0.25, 0.3) is 5.57 Å². The van der Waals surface area contributed by atoms with Gasteiger partial charge in [-0.15, -0.1) is 0 Å². The number of carbonyl (C=O) groups is 1. The lowest BCUT2D eigenvalue weighted by atomic mass is 9.98. The molecule has 0 saturated carbocycles. The third kappa shape index (κ3) is 1.79. The fraction of sp³-hybridized carbons (Fsp3) is 0.250. The highest BCUT2D eigenvalue weighted by atomic mass is 79.9.